The summed E-state index contributed by atoms with van der Waals surface area (Å²) in [6.45, 7) is 0. The SMILES string of the molecule is n1onc2c1Nc1n[se]nc1N2. The van der Waals surface area contributed by atoms with E-state index in [0.717, 1.165) is 11.6 Å². The molecule has 0 radical (unpaired) electrons. The molecule has 0 atom stereocenters. The molecule has 12 heavy (non-hydrogen) atoms. The Morgan fingerprint density at radius 3 is 2.08 bits per heavy atom. The fourth-order valence-electron chi connectivity index (χ4n) is 0.929. The first-order chi connectivity index (χ1) is 5.93. The van der Waals surface area contributed by atoms with Crippen LogP contribution in [0.5, 0.6) is 0 Å². The summed E-state index contributed by atoms with van der Waals surface area (Å²) in [6, 6.07) is 0. The zero-order chi connectivity index (χ0) is 7.97. The molecule has 0 unspecified atom stereocenters. The second-order valence-electron chi connectivity index (χ2n) is 2.17. The van der Waals surface area contributed by atoms with E-state index in [4.69, 9.17) is 0 Å². The van der Waals surface area contributed by atoms with E-state index < -0.39 is 0 Å². The zero-order valence-electron chi connectivity index (χ0n) is 5.61. The number of hydrogen-bond donors (Lipinski definition) is 2. The molecule has 3 heterocycles. The van der Waals surface area contributed by atoms with Gasteiger partial charge in [-0.15, -0.1) is 0 Å². The Balaban J connectivity index is 2.15. The molecule has 3 rings (SSSR count). The standard InChI is InChI=1S/C4H2N6OSe/c5-1-2(8-11-7-1)6-4-3(5)9-12-10-4/h(H,5,7,9)(H,6,8,10). The van der Waals surface area contributed by atoms with E-state index >= 15 is 0 Å². The Hall–Kier alpha value is -1.40. The summed E-state index contributed by atoms with van der Waals surface area (Å²) in [5.41, 5.74) is 0. The van der Waals surface area contributed by atoms with E-state index in [2.05, 4.69) is 33.5 Å². The minimum atomic E-state index is -0.0503. The van der Waals surface area contributed by atoms with Gasteiger partial charge in [-0.3, -0.25) is 0 Å². The predicted molar refractivity (Wildman–Crippen MR) is 39.8 cm³/mol. The predicted octanol–water partition coefficient (Wildman–Crippen LogP) is -0.283. The molecular weight excluding hydrogens is 227 g/mol. The van der Waals surface area contributed by atoms with E-state index in [0.29, 0.717) is 11.6 Å². The fraction of sp³-hybridized carbons (Fsp3) is 0. The monoisotopic (exact) mass is 230 g/mol. The molecule has 2 aromatic rings. The van der Waals surface area contributed by atoms with Crippen LogP contribution in [0.25, 0.3) is 0 Å². The first-order valence-corrected chi connectivity index (χ1v) is 4.66. The zero-order valence-corrected chi connectivity index (χ0v) is 7.32. The summed E-state index contributed by atoms with van der Waals surface area (Å²) in [5, 5.41) is 13.1. The van der Waals surface area contributed by atoms with E-state index in [1.807, 2.05) is 0 Å². The molecule has 0 fully saturated rings. The summed E-state index contributed by atoms with van der Waals surface area (Å²) >= 11 is -0.0503. The van der Waals surface area contributed by atoms with Crippen molar-refractivity contribution in [2.45, 2.75) is 0 Å². The van der Waals surface area contributed by atoms with Crippen molar-refractivity contribution in [3.05, 3.63) is 0 Å². The second kappa shape index (κ2) is 2.05. The van der Waals surface area contributed by atoms with Gasteiger partial charge in [0.15, 0.2) is 0 Å². The van der Waals surface area contributed by atoms with Crippen LogP contribution < -0.4 is 10.6 Å². The van der Waals surface area contributed by atoms with Gasteiger partial charge in [0.25, 0.3) is 0 Å². The number of anilines is 4. The normalized spacial score (nSPS) is 12.7. The van der Waals surface area contributed by atoms with Gasteiger partial charge in [0, 0.05) is 0 Å². The molecule has 0 bridgehead atoms. The third-order valence-corrected chi connectivity index (χ3v) is 2.56. The number of fused-ring (bicyclic) bond motifs is 2. The van der Waals surface area contributed by atoms with E-state index in [9.17, 15) is 0 Å². The molecule has 1 aliphatic heterocycles. The van der Waals surface area contributed by atoms with Crippen LogP contribution in [0.1, 0.15) is 0 Å². The van der Waals surface area contributed by atoms with Crippen LogP contribution in [0, 0.1) is 0 Å². The van der Waals surface area contributed by atoms with Crippen molar-refractivity contribution in [1.29, 1.82) is 0 Å². The van der Waals surface area contributed by atoms with Crippen molar-refractivity contribution in [3.63, 3.8) is 0 Å². The van der Waals surface area contributed by atoms with Gasteiger partial charge in [0.2, 0.25) is 0 Å². The molecule has 7 nitrogen and oxygen atoms in total. The third-order valence-electron chi connectivity index (χ3n) is 1.45. The molecule has 0 spiro atoms. The van der Waals surface area contributed by atoms with Gasteiger partial charge in [-0.25, -0.2) is 0 Å². The Bertz CT molecular complexity index is 347. The second-order valence-corrected chi connectivity index (χ2v) is 3.28. The number of aromatic nitrogens is 4. The molecule has 0 saturated carbocycles. The molecular formula is C4H2N6OSe. The van der Waals surface area contributed by atoms with Crippen LogP contribution in [0.2, 0.25) is 0 Å². The quantitative estimate of drug-likeness (QED) is 0.512. The fourth-order valence-corrected chi connectivity index (χ4v) is 1.91. The summed E-state index contributed by atoms with van der Waals surface area (Å²) < 4.78 is 12.8. The molecule has 0 saturated heterocycles. The van der Waals surface area contributed by atoms with Crippen molar-refractivity contribution in [3.8, 4) is 0 Å². The van der Waals surface area contributed by atoms with Gasteiger partial charge in [0.05, 0.1) is 0 Å². The summed E-state index contributed by atoms with van der Waals surface area (Å²) in [5.74, 6) is 2.56. The average molecular weight is 229 g/mol. The van der Waals surface area contributed by atoms with Gasteiger partial charge in [-0.2, -0.15) is 0 Å². The van der Waals surface area contributed by atoms with Crippen LogP contribution >= 0.6 is 0 Å². The van der Waals surface area contributed by atoms with Gasteiger partial charge < -0.3 is 0 Å². The Labute approximate surface area is 72.4 Å². The van der Waals surface area contributed by atoms with Gasteiger partial charge in [-0.1, -0.05) is 0 Å². The van der Waals surface area contributed by atoms with Crippen molar-refractivity contribution in [1.82, 2.24) is 18.3 Å². The van der Waals surface area contributed by atoms with Gasteiger partial charge in [0.1, 0.15) is 0 Å². The molecule has 0 aromatic carbocycles. The van der Waals surface area contributed by atoms with Crippen LogP contribution in [0.3, 0.4) is 0 Å². The van der Waals surface area contributed by atoms with Gasteiger partial charge >= 0.3 is 71.8 Å². The van der Waals surface area contributed by atoms with E-state index in [1.54, 1.807) is 0 Å². The molecule has 0 amide bonds. The van der Waals surface area contributed by atoms with Crippen molar-refractivity contribution < 1.29 is 4.63 Å². The Morgan fingerprint density at radius 1 is 0.917 bits per heavy atom. The van der Waals surface area contributed by atoms with Crippen LogP contribution in [-0.2, 0) is 0 Å². The summed E-state index contributed by atoms with van der Waals surface area (Å²) in [7, 11) is 0. The van der Waals surface area contributed by atoms with E-state index in [1.165, 1.54) is 0 Å². The topological polar surface area (TPSA) is 88.8 Å². The first-order valence-electron chi connectivity index (χ1n) is 3.12. The molecule has 2 N–H and O–H groups in total. The summed E-state index contributed by atoms with van der Waals surface area (Å²) in [4.78, 5) is 0. The third kappa shape index (κ3) is 0.702. The molecule has 8 heteroatoms. The average Bonchev–Trinajstić information content (AvgIpc) is 2.64. The minimum absolute atomic E-state index is 0.0503. The molecule has 2 aromatic heterocycles. The summed E-state index contributed by atoms with van der Waals surface area (Å²) in [6.07, 6.45) is 0. The maximum atomic E-state index is 4.50. The number of rotatable bonds is 0. The Morgan fingerprint density at radius 2 is 1.50 bits per heavy atom. The van der Waals surface area contributed by atoms with Crippen LogP contribution in [0.4, 0.5) is 23.3 Å². The van der Waals surface area contributed by atoms with Crippen LogP contribution in [0.15, 0.2) is 4.63 Å². The van der Waals surface area contributed by atoms with E-state index in [-0.39, 0.29) is 15.0 Å². The van der Waals surface area contributed by atoms with Gasteiger partial charge in [-0.05, 0) is 0 Å². The molecule has 0 aliphatic carbocycles. The maximum absolute atomic E-state index is 4.50. The van der Waals surface area contributed by atoms with Crippen molar-refractivity contribution >= 4 is 38.2 Å². The Kier molecular flexibility index (Phi) is 1.05. The molecule has 60 valence electrons. The number of nitrogens with zero attached hydrogens (tertiary/aromatic N) is 4. The molecule has 1 aliphatic rings. The number of nitrogens with one attached hydrogen (secondary N) is 2. The van der Waals surface area contributed by atoms with Crippen molar-refractivity contribution in [2.24, 2.45) is 0 Å². The number of hydrogen-bond acceptors (Lipinski definition) is 7. The first kappa shape index (κ1) is 6.15. The van der Waals surface area contributed by atoms with Crippen molar-refractivity contribution in [2.75, 3.05) is 10.6 Å². The van der Waals surface area contributed by atoms with Crippen LogP contribution in [-0.4, -0.2) is 33.2 Å².